The van der Waals surface area contributed by atoms with Gasteiger partial charge in [-0.15, -0.1) is 0 Å². The first-order valence-electron chi connectivity index (χ1n) is 7.86. The number of nitrogens with one attached hydrogen (secondary N) is 2. The molecule has 0 unspecified atom stereocenters. The zero-order valence-electron chi connectivity index (χ0n) is 14.2. The lowest BCUT2D eigenvalue weighted by Gasteiger charge is -2.11. The number of aryl methyl sites for hydroxylation is 1. The van der Waals surface area contributed by atoms with Gasteiger partial charge in [-0.05, 0) is 43.2 Å². The van der Waals surface area contributed by atoms with Crippen molar-refractivity contribution in [2.75, 3.05) is 10.6 Å². The molecule has 3 rings (SSSR count). The molecule has 5 nitrogen and oxygen atoms in total. The monoisotopic (exact) mass is 354 g/mol. The standard InChI is InChI=1S/C19H16F2N4O/c1-11-4-3-5-16(12(11)2)25-19(26)17-9-18(23-10-22-17)24-13-6-7-14(20)15(21)8-13/h3-10H,1-2H3,(H,25,26)(H,22,23,24). The summed E-state index contributed by atoms with van der Waals surface area (Å²) in [7, 11) is 0. The molecule has 0 aliphatic rings. The smallest absolute Gasteiger partial charge is 0.274 e. The van der Waals surface area contributed by atoms with Crippen molar-refractivity contribution in [1.29, 1.82) is 0 Å². The van der Waals surface area contributed by atoms with Crippen LogP contribution in [0.5, 0.6) is 0 Å². The van der Waals surface area contributed by atoms with Crippen molar-refractivity contribution in [2.45, 2.75) is 13.8 Å². The number of anilines is 3. The van der Waals surface area contributed by atoms with E-state index in [1.807, 2.05) is 32.0 Å². The van der Waals surface area contributed by atoms with Gasteiger partial charge in [-0.3, -0.25) is 4.79 Å². The number of hydrogen-bond donors (Lipinski definition) is 2. The highest BCUT2D eigenvalue weighted by Gasteiger charge is 2.12. The van der Waals surface area contributed by atoms with Gasteiger partial charge < -0.3 is 10.6 Å². The molecule has 0 aliphatic heterocycles. The lowest BCUT2D eigenvalue weighted by molar-refractivity contribution is 0.102. The van der Waals surface area contributed by atoms with Crippen molar-refractivity contribution >= 4 is 23.1 Å². The molecule has 0 aliphatic carbocycles. The number of nitrogens with zero attached hydrogens (tertiary/aromatic N) is 2. The van der Waals surface area contributed by atoms with E-state index in [4.69, 9.17) is 0 Å². The number of hydrogen-bond acceptors (Lipinski definition) is 4. The van der Waals surface area contributed by atoms with E-state index in [0.717, 1.165) is 23.3 Å². The topological polar surface area (TPSA) is 66.9 Å². The zero-order valence-corrected chi connectivity index (χ0v) is 14.2. The Labute approximate surface area is 149 Å². The molecule has 2 aromatic carbocycles. The predicted octanol–water partition coefficient (Wildman–Crippen LogP) is 4.37. The first kappa shape index (κ1) is 17.5. The van der Waals surface area contributed by atoms with Gasteiger partial charge in [-0.1, -0.05) is 12.1 Å². The van der Waals surface area contributed by atoms with Gasteiger partial charge in [-0.2, -0.15) is 0 Å². The van der Waals surface area contributed by atoms with Crippen molar-refractivity contribution in [3.05, 3.63) is 77.2 Å². The third kappa shape index (κ3) is 3.83. The van der Waals surface area contributed by atoms with Gasteiger partial charge in [-0.25, -0.2) is 18.7 Å². The van der Waals surface area contributed by atoms with E-state index in [1.165, 1.54) is 18.5 Å². The van der Waals surface area contributed by atoms with Crippen LogP contribution in [-0.2, 0) is 0 Å². The number of amides is 1. The molecule has 0 bridgehead atoms. The fourth-order valence-electron chi connectivity index (χ4n) is 2.34. The first-order chi connectivity index (χ1) is 12.4. The number of carbonyl (C=O) groups excluding carboxylic acids is 1. The molecule has 0 radical (unpaired) electrons. The lowest BCUT2D eigenvalue weighted by atomic mass is 10.1. The second-order valence-electron chi connectivity index (χ2n) is 5.74. The van der Waals surface area contributed by atoms with E-state index in [2.05, 4.69) is 20.6 Å². The summed E-state index contributed by atoms with van der Waals surface area (Å²) in [6, 6.07) is 10.4. The van der Waals surface area contributed by atoms with Crippen LogP contribution < -0.4 is 10.6 Å². The number of carbonyl (C=O) groups is 1. The Morgan fingerprint density at radius 3 is 2.58 bits per heavy atom. The van der Waals surface area contributed by atoms with Crippen LogP contribution in [0.1, 0.15) is 21.6 Å². The summed E-state index contributed by atoms with van der Waals surface area (Å²) in [5.41, 5.74) is 3.18. The van der Waals surface area contributed by atoms with Crippen LogP contribution >= 0.6 is 0 Å². The zero-order chi connectivity index (χ0) is 18.7. The van der Waals surface area contributed by atoms with Gasteiger partial charge in [0.05, 0.1) is 0 Å². The summed E-state index contributed by atoms with van der Waals surface area (Å²) in [6.45, 7) is 3.88. The molecular weight excluding hydrogens is 338 g/mol. The summed E-state index contributed by atoms with van der Waals surface area (Å²) in [5, 5.41) is 5.62. The average Bonchev–Trinajstić information content (AvgIpc) is 2.62. The van der Waals surface area contributed by atoms with E-state index < -0.39 is 17.5 Å². The normalized spacial score (nSPS) is 10.5. The SMILES string of the molecule is Cc1cccc(NC(=O)c2cc(Nc3ccc(F)c(F)c3)ncn2)c1C. The second-order valence-corrected chi connectivity index (χ2v) is 5.74. The maximum atomic E-state index is 13.3. The highest BCUT2D eigenvalue weighted by molar-refractivity contribution is 6.03. The molecule has 0 fully saturated rings. The molecule has 3 aromatic rings. The number of benzene rings is 2. The Morgan fingerprint density at radius 2 is 1.81 bits per heavy atom. The maximum absolute atomic E-state index is 13.3. The van der Waals surface area contributed by atoms with Crippen molar-refractivity contribution < 1.29 is 13.6 Å². The van der Waals surface area contributed by atoms with Gasteiger partial charge in [0, 0.05) is 23.5 Å². The largest absolute Gasteiger partial charge is 0.340 e. The molecule has 2 N–H and O–H groups in total. The van der Waals surface area contributed by atoms with Crippen LogP contribution in [0.2, 0.25) is 0 Å². The third-order valence-electron chi connectivity index (χ3n) is 3.94. The van der Waals surface area contributed by atoms with Crippen molar-refractivity contribution in [2.24, 2.45) is 0 Å². The molecule has 0 saturated carbocycles. The molecule has 0 saturated heterocycles. The van der Waals surface area contributed by atoms with Gasteiger partial charge >= 0.3 is 0 Å². The van der Waals surface area contributed by atoms with E-state index in [1.54, 1.807) is 0 Å². The van der Waals surface area contributed by atoms with Crippen LogP contribution in [0.3, 0.4) is 0 Å². The molecule has 0 spiro atoms. The van der Waals surface area contributed by atoms with Crippen molar-refractivity contribution in [3.63, 3.8) is 0 Å². The van der Waals surface area contributed by atoms with Gasteiger partial charge in [0.2, 0.25) is 0 Å². The quantitative estimate of drug-likeness (QED) is 0.730. The fourth-order valence-corrected chi connectivity index (χ4v) is 2.34. The van der Waals surface area contributed by atoms with Crippen molar-refractivity contribution in [3.8, 4) is 0 Å². The molecule has 1 amide bonds. The number of aromatic nitrogens is 2. The van der Waals surface area contributed by atoms with Gasteiger partial charge in [0.1, 0.15) is 17.8 Å². The average molecular weight is 354 g/mol. The molecule has 7 heteroatoms. The fraction of sp³-hybridized carbons (Fsp3) is 0.105. The summed E-state index contributed by atoms with van der Waals surface area (Å²) in [6.07, 6.45) is 1.22. The Bertz CT molecular complexity index is 976. The second kappa shape index (κ2) is 7.26. The van der Waals surface area contributed by atoms with Crippen LogP contribution in [-0.4, -0.2) is 15.9 Å². The van der Waals surface area contributed by atoms with Crippen LogP contribution in [0, 0.1) is 25.5 Å². The summed E-state index contributed by atoms with van der Waals surface area (Å²) in [4.78, 5) is 20.4. The molecule has 0 atom stereocenters. The highest BCUT2D eigenvalue weighted by Crippen LogP contribution is 2.20. The van der Waals surface area contributed by atoms with E-state index in [0.29, 0.717) is 11.4 Å². The van der Waals surface area contributed by atoms with E-state index in [9.17, 15) is 13.6 Å². The number of rotatable bonds is 4. The number of halogens is 2. The van der Waals surface area contributed by atoms with E-state index in [-0.39, 0.29) is 11.5 Å². The molecule has 26 heavy (non-hydrogen) atoms. The summed E-state index contributed by atoms with van der Waals surface area (Å²) >= 11 is 0. The summed E-state index contributed by atoms with van der Waals surface area (Å²) < 4.78 is 26.3. The Hall–Kier alpha value is -3.35. The van der Waals surface area contributed by atoms with Crippen LogP contribution in [0.25, 0.3) is 0 Å². The molecule has 132 valence electrons. The minimum atomic E-state index is -0.975. The van der Waals surface area contributed by atoms with Crippen LogP contribution in [0.4, 0.5) is 26.0 Å². The lowest BCUT2D eigenvalue weighted by Crippen LogP contribution is -2.15. The third-order valence-corrected chi connectivity index (χ3v) is 3.94. The van der Waals surface area contributed by atoms with Crippen molar-refractivity contribution in [1.82, 2.24) is 9.97 Å². The van der Waals surface area contributed by atoms with Gasteiger partial charge in [0.15, 0.2) is 11.6 Å². The predicted molar refractivity (Wildman–Crippen MR) is 95.5 cm³/mol. The minimum absolute atomic E-state index is 0.144. The van der Waals surface area contributed by atoms with E-state index >= 15 is 0 Å². The Balaban J connectivity index is 1.79. The van der Waals surface area contributed by atoms with Gasteiger partial charge in [0.25, 0.3) is 5.91 Å². The molecule has 1 aromatic heterocycles. The summed E-state index contributed by atoms with van der Waals surface area (Å²) in [5.74, 6) is -2.02. The molecular formula is C19H16F2N4O. The first-order valence-corrected chi connectivity index (χ1v) is 7.86. The minimum Gasteiger partial charge on any atom is -0.340 e. The Kier molecular flexibility index (Phi) is 4.88. The molecule has 1 heterocycles. The Morgan fingerprint density at radius 1 is 1.00 bits per heavy atom. The highest BCUT2D eigenvalue weighted by atomic mass is 19.2. The maximum Gasteiger partial charge on any atom is 0.274 e. The van der Waals surface area contributed by atoms with Crippen LogP contribution in [0.15, 0.2) is 48.8 Å².